The van der Waals surface area contributed by atoms with E-state index in [0.29, 0.717) is 25.4 Å². The van der Waals surface area contributed by atoms with Crippen LogP contribution in [0.1, 0.15) is 39.9 Å². The average Bonchev–Trinajstić information content (AvgIpc) is 3.13. The maximum Gasteiger partial charge on any atom is 0.255 e. The lowest BCUT2D eigenvalue weighted by molar-refractivity contribution is 0.0497. The summed E-state index contributed by atoms with van der Waals surface area (Å²) in [5, 5.41) is 16.9. The molecule has 3 heterocycles. The summed E-state index contributed by atoms with van der Waals surface area (Å²) >= 11 is 0. The zero-order chi connectivity index (χ0) is 18.0. The van der Waals surface area contributed by atoms with Crippen molar-refractivity contribution in [2.45, 2.75) is 39.5 Å². The van der Waals surface area contributed by atoms with Gasteiger partial charge in [-0.1, -0.05) is 5.21 Å². The number of methoxy groups -OCH3 is 1. The minimum absolute atomic E-state index is 0.0600. The summed E-state index contributed by atoms with van der Waals surface area (Å²) < 4.78 is 9.01. The first-order valence-corrected chi connectivity index (χ1v) is 8.51. The van der Waals surface area contributed by atoms with Crippen LogP contribution in [0.15, 0.2) is 12.3 Å². The van der Waals surface area contributed by atoms with Gasteiger partial charge in [-0.05, 0) is 26.3 Å². The van der Waals surface area contributed by atoms with Crippen molar-refractivity contribution in [3.05, 3.63) is 34.9 Å². The lowest BCUT2D eigenvalue weighted by Gasteiger charge is -2.38. The van der Waals surface area contributed by atoms with Crippen molar-refractivity contribution in [2.75, 3.05) is 26.8 Å². The summed E-state index contributed by atoms with van der Waals surface area (Å²) in [4.78, 5) is 14.6. The normalized spacial score (nSPS) is 14.8. The van der Waals surface area contributed by atoms with Crippen molar-refractivity contribution in [1.82, 2.24) is 24.5 Å². The molecule has 8 nitrogen and oxygen atoms in total. The lowest BCUT2D eigenvalue weighted by atomic mass is 10.1. The molecular weight excluding hydrogens is 322 g/mol. The van der Waals surface area contributed by atoms with Crippen molar-refractivity contribution in [2.24, 2.45) is 0 Å². The summed E-state index contributed by atoms with van der Waals surface area (Å²) in [5.74, 6) is 0.0600. The smallest absolute Gasteiger partial charge is 0.255 e. The molecule has 3 rings (SSSR count). The second-order valence-electron chi connectivity index (χ2n) is 6.49. The summed E-state index contributed by atoms with van der Waals surface area (Å²) in [6, 6.07) is 2.10. The molecule has 136 valence electrons. The highest BCUT2D eigenvalue weighted by molar-refractivity contribution is 5.96. The first kappa shape index (κ1) is 17.6. The molecule has 1 fully saturated rings. The third-order valence-electron chi connectivity index (χ3n) is 4.78. The minimum Gasteiger partial charge on any atom is -0.390 e. The maximum atomic E-state index is 12.8. The van der Waals surface area contributed by atoms with Crippen molar-refractivity contribution in [1.29, 1.82) is 0 Å². The molecule has 0 bridgehead atoms. The number of hydrogen-bond donors (Lipinski definition) is 1. The molecule has 0 saturated carbocycles. The van der Waals surface area contributed by atoms with E-state index in [9.17, 15) is 4.79 Å². The first-order valence-electron chi connectivity index (χ1n) is 8.51. The zero-order valence-corrected chi connectivity index (χ0v) is 15.0. The monoisotopic (exact) mass is 347 g/mol. The van der Waals surface area contributed by atoms with Crippen LogP contribution in [0.4, 0.5) is 0 Å². The topological polar surface area (TPSA) is 85.4 Å². The molecule has 0 spiro atoms. The van der Waals surface area contributed by atoms with Gasteiger partial charge in [0.25, 0.3) is 5.91 Å². The number of aliphatic hydroxyl groups excluding tert-OH is 1. The van der Waals surface area contributed by atoms with Gasteiger partial charge < -0.3 is 19.3 Å². The number of aromatic nitrogens is 4. The van der Waals surface area contributed by atoms with Crippen LogP contribution in [-0.4, -0.2) is 62.3 Å². The Morgan fingerprint density at radius 3 is 2.80 bits per heavy atom. The SMILES string of the molecule is COCCCn1c(C)cc(C(=O)N2CC(n3cc(CO)nn3)C2)c1C. The van der Waals surface area contributed by atoms with E-state index in [1.54, 1.807) is 18.0 Å². The van der Waals surface area contributed by atoms with Gasteiger partial charge in [0.2, 0.25) is 0 Å². The van der Waals surface area contributed by atoms with Crippen molar-refractivity contribution >= 4 is 5.91 Å². The van der Waals surface area contributed by atoms with Gasteiger partial charge in [0.15, 0.2) is 0 Å². The van der Waals surface area contributed by atoms with Gasteiger partial charge in [0, 0.05) is 44.7 Å². The van der Waals surface area contributed by atoms with Crippen LogP contribution in [0.25, 0.3) is 0 Å². The fraction of sp³-hybridized carbons (Fsp3) is 0.588. The quantitative estimate of drug-likeness (QED) is 0.753. The highest BCUT2D eigenvalue weighted by Gasteiger charge is 2.34. The fourth-order valence-corrected chi connectivity index (χ4v) is 3.25. The molecule has 1 amide bonds. The molecule has 1 aliphatic heterocycles. The van der Waals surface area contributed by atoms with Gasteiger partial charge in [-0.15, -0.1) is 5.10 Å². The standard InChI is InChI=1S/C17H25N5O3/c1-12-7-16(13(2)21(12)5-4-6-25-3)17(24)20-9-15(10-20)22-8-14(11-23)18-19-22/h7-8,15,23H,4-6,9-11H2,1-3H3. The predicted octanol–water partition coefficient (Wildman–Crippen LogP) is 0.922. The van der Waals surface area contributed by atoms with Crippen molar-refractivity contribution in [3.8, 4) is 0 Å². The average molecular weight is 347 g/mol. The number of aliphatic hydroxyl groups is 1. The van der Waals surface area contributed by atoms with Gasteiger partial charge in [-0.2, -0.15) is 0 Å². The Labute approximate surface area is 147 Å². The Bertz CT molecular complexity index is 746. The molecule has 0 unspecified atom stereocenters. The van der Waals surface area contributed by atoms with Gasteiger partial charge in [0.1, 0.15) is 5.69 Å². The molecule has 2 aromatic rings. The fourth-order valence-electron chi connectivity index (χ4n) is 3.25. The van der Waals surface area contributed by atoms with E-state index < -0.39 is 0 Å². The Balaban J connectivity index is 1.63. The molecule has 1 saturated heterocycles. The van der Waals surface area contributed by atoms with E-state index in [4.69, 9.17) is 9.84 Å². The number of likely N-dealkylation sites (tertiary alicyclic amines) is 1. The van der Waals surface area contributed by atoms with Crippen molar-refractivity contribution in [3.63, 3.8) is 0 Å². The minimum atomic E-state index is -0.121. The Hall–Kier alpha value is -2.19. The number of carbonyl (C=O) groups is 1. The van der Waals surface area contributed by atoms with Gasteiger partial charge in [-0.25, -0.2) is 4.68 Å². The molecule has 2 aromatic heterocycles. The van der Waals surface area contributed by atoms with Crippen LogP contribution in [0.3, 0.4) is 0 Å². The lowest BCUT2D eigenvalue weighted by Crippen LogP contribution is -2.51. The van der Waals surface area contributed by atoms with Crippen LogP contribution in [0, 0.1) is 13.8 Å². The molecule has 1 aliphatic rings. The first-order chi connectivity index (χ1) is 12.0. The highest BCUT2D eigenvalue weighted by atomic mass is 16.5. The number of ether oxygens (including phenoxy) is 1. The largest absolute Gasteiger partial charge is 0.390 e. The van der Waals surface area contributed by atoms with Crippen LogP contribution in [0.2, 0.25) is 0 Å². The number of carbonyl (C=O) groups excluding carboxylic acids is 1. The third kappa shape index (κ3) is 3.45. The van der Waals surface area contributed by atoms with Crippen LogP contribution in [0.5, 0.6) is 0 Å². The van der Waals surface area contributed by atoms with E-state index in [0.717, 1.165) is 29.9 Å². The van der Waals surface area contributed by atoms with Gasteiger partial charge >= 0.3 is 0 Å². The van der Waals surface area contributed by atoms with Crippen molar-refractivity contribution < 1.29 is 14.6 Å². The van der Waals surface area contributed by atoms with E-state index in [1.165, 1.54) is 0 Å². The second kappa shape index (κ2) is 7.37. The molecule has 0 aromatic carbocycles. The Kier molecular flexibility index (Phi) is 5.19. The molecule has 8 heteroatoms. The predicted molar refractivity (Wildman–Crippen MR) is 91.3 cm³/mol. The number of amides is 1. The van der Waals surface area contributed by atoms with E-state index in [2.05, 4.69) is 14.9 Å². The summed E-state index contributed by atoms with van der Waals surface area (Å²) in [5.41, 5.74) is 3.41. The number of nitrogens with zero attached hydrogens (tertiary/aromatic N) is 5. The molecule has 0 radical (unpaired) electrons. The summed E-state index contributed by atoms with van der Waals surface area (Å²) in [6.07, 6.45) is 2.65. The van der Waals surface area contributed by atoms with Crippen LogP contribution < -0.4 is 0 Å². The second-order valence-corrected chi connectivity index (χ2v) is 6.49. The number of aryl methyl sites for hydroxylation is 1. The zero-order valence-electron chi connectivity index (χ0n) is 15.0. The van der Waals surface area contributed by atoms with E-state index >= 15 is 0 Å². The number of rotatable bonds is 7. The molecule has 25 heavy (non-hydrogen) atoms. The van der Waals surface area contributed by atoms with Gasteiger partial charge in [-0.3, -0.25) is 4.79 Å². The maximum absolute atomic E-state index is 12.8. The van der Waals surface area contributed by atoms with E-state index in [1.807, 2.05) is 24.8 Å². The van der Waals surface area contributed by atoms with Crippen LogP contribution >= 0.6 is 0 Å². The summed E-state index contributed by atoms with van der Waals surface area (Å²) in [7, 11) is 1.70. The molecule has 0 atom stereocenters. The van der Waals surface area contributed by atoms with Gasteiger partial charge in [0.05, 0.1) is 24.4 Å². The Morgan fingerprint density at radius 1 is 1.40 bits per heavy atom. The Morgan fingerprint density at radius 2 is 2.16 bits per heavy atom. The summed E-state index contributed by atoms with van der Waals surface area (Å²) in [6.45, 7) is 6.69. The molecule has 1 N–H and O–H groups in total. The van der Waals surface area contributed by atoms with Crippen LogP contribution in [-0.2, 0) is 17.9 Å². The number of hydrogen-bond acceptors (Lipinski definition) is 5. The third-order valence-corrected chi connectivity index (χ3v) is 4.78. The van der Waals surface area contributed by atoms with E-state index in [-0.39, 0.29) is 18.6 Å². The highest BCUT2D eigenvalue weighted by Crippen LogP contribution is 2.25. The molecular formula is C17H25N5O3. The molecule has 0 aliphatic carbocycles.